The van der Waals surface area contributed by atoms with Gasteiger partial charge in [-0.3, -0.25) is 14.4 Å². The van der Waals surface area contributed by atoms with E-state index >= 15 is 0 Å². The molecular formula is C19H18F3N5O3. The minimum absolute atomic E-state index is 0.139. The Morgan fingerprint density at radius 2 is 1.90 bits per heavy atom. The van der Waals surface area contributed by atoms with E-state index in [1.54, 1.807) is 19.9 Å². The van der Waals surface area contributed by atoms with Gasteiger partial charge in [-0.05, 0) is 31.5 Å². The van der Waals surface area contributed by atoms with E-state index in [0.717, 1.165) is 21.7 Å². The van der Waals surface area contributed by atoms with Gasteiger partial charge in [0.25, 0.3) is 5.56 Å². The highest BCUT2D eigenvalue weighted by molar-refractivity contribution is 5.95. The van der Waals surface area contributed by atoms with Crippen molar-refractivity contribution in [2.45, 2.75) is 26.6 Å². The van der Waals surface area contributed by atoms with E-state index in [1.807, 2.05) is 0 Å². The van der Waals surface area contributed by atoms with Crippen LogP contribution in [0.15, 0.2) is 29.1 Å². The van der Waals surface area contributed by atoms with E-state index in [1.165, 1.54) is 19.2 Å². The summed E-state index contributed by atoms with van der Waals surface area (Å²) in [6.07, 6.45) is -4.65. The molecule has 0 atom stereocenters. The number of nitriles is 1. The molecule has 2 rings (SSSR count). The van der Waals surface area contributed by atoms with Crippen LogP contribution in [0.2, 0.25) is 0 Å². The molecule has 1 heterocycles. The van der Waals surface area contributed by atoms with Gasteiger partial charge in [-0.15, -0.1) is 0 Å². The Bertz CT molecular complexity index is 1090. The zero-order valence-electron chi connectivity index (χ0n) is 16.4. The largest absolute Gasteiger partial charge is 0.418 e. The molecule has 0 aliphatic carbocycles. The summed E-state index contributed by atoms with van der Waals surface area (Å²) in [5.41, 5.74) is -1.53. The second-order valence-electron chi connectivity index (χ2n) is 6.50. The van der Waals surface area contributed by atoms with Gasteiger partial charge in [0.05, 0.1) is 23.5 Å². The molecule has 1 N–H and O–H groups in total. The quantitative estimate of drug-likeness (QED) is 0.793. The third kappa shape index (κ3) is 5.02. The molecule has 0 saturated heterocycles. The molecule has 0 fully saturated rings. The van der Waals surface area contributed by atoms with Crippen LogP contribution in [0.1, 0.15) is 22.4 Å². The predicted octanol–water partition coefficient (Wildman–Crippen LogP) is 1.85. The van der Waals surface area contributed by atoms with Crippen molar-refractivity contribution in [3.63, 3.8) is 0 Å². The van der Waals surface area contributed by atoms with Crippen LogP contribution in [-0.2, 0) is 22.3 Å². The normalized spacial score (nSPS) is 11.0. The predicted molar refractivity (Wildman–Crippen MR) is 100 cm³/mol. The van der Waals surface area contributed by atoms with Crippen LogP contribution >= 0.6 is 0 Å². The highest BCUT2D eigenvalue weighted by atomic mass is 19.4. The average molecular weight is 421 g/mol. The minimum Gasteiger partial charge on any atom is -0.335 e. The number of benzene rings is 1. The molecule has 0 spiro atoms. The molecule has 1 aromatic heterocycles. The minimum atomic E-state index is -4.65. The molecule has 2 amide bonds. The van der Waals surface area contributed by atoms with E-state index in [9.17, 15) is 27.6 Å². The van der Waals surface area contributed by atoms with Crippen molar-refractivity contribution in [2.24, 2.45) is 0 Å². The highest BCUT2D eigenvalue weighted by Crippen LogP contribution is 2.34. The highest BCUT2D eigenvalue weighted by Gasteiger charge is 2.33. The van der Waals surface area contributed by atoms with Gasteiger partial charge in [-0.25, -0.2) is 4.68 Å². The average Bonchev–Trinajstić information content (AvgIpc) is 2.66. The lowest BCUT2D eigenvalue weighted by Gasteiger charge is -2.19. The lowest BCUT2D eigenvalue weighted by molar-refractivity contribution is -0.137. The number of alkyl halides is 3. The Labute approximate surface area is 169 Å². The van der Waals surface area contributed by atoms with Crippen LogP contribution in [0.5, 0.6) is 0 Å². The van der Waals surface area contributed by atoms with E-state index < -0.39 is 47.9 Å². The van der Waals surface area contributed by atoms with Gasteiger partial charge in [-0.2, -0.15) is 23.5 Å². The van der Waals surface area contributed by atoms with Crippen LogP contribution in [0.25, 0.3) is 0 Å². The summed E-state index contributed by atoms with van der Waals surface area (Å²) in [5, 5.41) is 15.2. The molecule has 1 aromatic carbocycles. The number of carbonyl (C=O) groups is 2. The molecule has 0 aliphatic heterocycles. The monoisotopic (exact) mass is 421 g/mol. The summed E-state index contributed by atoms with van der Waals surface area (Å²) in [4.78, 5) is 37.7. The first kappa shape index (κ1) is 22.6. The molecule has 158 valence electrons. The van der Waals surface area contributed by atoms with Gasteiger partial charge in [0.2, 0.25) is 11.8 Å². The van der Waals surface area contributed by atoms with E-state index in [0.29, 0.717) is 11.3 Å². The lowest BCUT2D eigenvalue weighted by Crippen LogP contribution is -2.40. The smallest absolute Gasteiger partial charge is 0.335 e. The number of hydrogen-bond acceptors (Lipinski definition) is 5. The fraction of sp³-hybridized carbons (Fsp3) is 0.316. The number of aryl methyl sites for hydroxylation is 1. The Kier molecular flexibility index (Phi) is 6.61. The number of nitrogens with zero attached hydrogens (tertiary/aromatic N) is 4. The van der Waals surface area contributed by atoms with E-state index in [4.69, 9.17) is 5.26 Å². The maximum atomic E-state index is 13.0. The van der Waals surface area contributed by atoms with Crippen molar-refractivity contribution >= 4 is 17.5 Å². The Morgan fingerprint density at radius 3 is 2.50 bits per heavy atom. The van der Waals surface area contributed by atoms with Crippen molar-refractivity contribution in [2.75, 3.05) is 18.9 Å². The van der Waals surface area contributed by atoms with Crippen LogP contribution in [0.4, 0.5) is 18.9 Å². The maximum absolute atomic E-state index is 13.0. The Morgan fingerprint density at radius 1 is 1.27 bits per heavy atom. The van der Waals surface area contributed by atoms with Gasteiger partial charge in [0, 0.05) is 7.05 Å². The van der Waals surface area contributed by atoms with Crippen LogP contribution in [0.3, 0.4) is 0 Å². The molecule has 0 saturated carbocycles. The summed E-state index contributed by atoms with van der Waals surface area (Å²) >= 11 is 0. The van der Waals surface area contributed by atoms with Crippen molar-refractivity contribution < 1.29 is 22.8 Å². The number of likely N-dealkylation sites (N-methyl/N-ethyl adjacent to an activating group) is 1. The van der Waals surface area contributed by atoms with Crippen molar-refractivity contribution in [3.8, 4) is 6.07 Å². The number of nitrogens with one attached hydrogen (secondary N) is 1. The molecule has 11 heteroatoms. The SMILES string of the molecule is Cc1nn(CC(=O)N(C)CC(=O)Nc2ccccc2C(F)(F)F)c(=O)c(C#N)c1C. The van der Waals surface area contributed by atoms with Gasteiger partial charge >= 0.3 is 6.18 Å². The maximum Gasteiger partial charge on any atom is 0.418 e. The number of halogens is 3. The fourth-order valence-corrected chi connectivity index (χ4v) is 2.59. The molecule has 2 aromatic rings. The number of hydrogen-bond donors (Lipinski definition) is 1. The second-order valence-corrected chi connectivity index (χ2v) is 6.50. The Hall–Kier alpha value is -3.68. The first-order valence-electron chi connectivity index (χ1n) is 8.64. The number of aromatic nitrogens is 2. The summed E-state index contributed by atoms with van der Waals surface area (Å²) in [6.45, 7) is 2.06. The lowest BCUT2D eigenvalue weighted by atomic mass is 10.1. The number of carbonyl (C=O) groups excluding carboxylic acids is 2. The summed E-state index contributed by atoms with van der Waals surface area (Å²) in [7, 11) is 1.26. The molecule has 0 aliphatic rings. The number of anilines is 1. The van der Waals surface area contributed by atoms with Crippen molar-refractivity contribution in [1.29, 1.82) is 5.26 Å². The zero-order valence-corrected chi connectivity index (χ0v) is 16.4. The standard InChI is InChI=1S/C19H18F3N5O3/c1-11-12(2)25-27(18(30)13(11)8-23)10-17(29)26(3)9-16(28)24-15-7-5-4-6-14(15)19(20,21)22/h4-7H,9-10H2,1-3H3,(H,24,28). The van der Waals surface area contributed by atoms with Crippen molar-refractivity contribution in [1.82, 2.24) is 14.7 Å². The van der Waals surface area contributed by atoms with E-state index in [-0.39, 0.29) is 5.56 Å². The van der Waals surface area contributed by atoms with Crippen LogP contribution in [0, 0.1) is 25.2 Å². The summed E-state index contributed by atoms with van der Waals surface area (Å²) in [6, 6.07) is 6.23. The summed E-state index contributed by atoms with van der Waals surface area (Å²) < 4.78 is 39.9. The summed E-state index contributed by atoms with van der Waals surface area (Å²) in [5.74, 6) is -1.53. The number of amides is 2. The fourth-order valence-electron chi connectivity index (χ4n) is 2.59. The molecule has 0 bridgehead atoms. The topological polar surface area (TPSA) is 108 Å². The molecule has 30 heavy (non-hydrogen) atoms. The number of rotatable bonds is 5. The van der Waals surface area contributed by atoms with Gasteiger partial charge in [0.1, 0.15) is 18.2 Å². The molecule has 8 nitrogen and oxygen atoms in total. The first-order chi connectivity index (χ1) is 14.0. The first-order valence-corrected chi connectivity index (χ1v) is 8.64. The second kappa shape index (κ2) is 8.77. The van der Waals surface area contributed by atoms with Crippen molar-refractivity contribution in [3.05, 3.63) is 57.0 Å². The van der Waals surface area contributed by atoms with Crippen LogP contribution < -0.4 is 10.9 Å². The van der Waals surface area contributed by atoms with Gasteiger partial charge < -0.3 is 10.2 Å². The van der Waals surface area contributed by atoms with Gasteiger partial charge in [0.15, 0.2) is 0 Å². The molecule has 0 unspecified atom stereocenters. The molecule has 0 radical (unpaired) electrons. The zero-order chi connectivity index (χ0) is 22.6. The Balaban J connectivity index is 2.11. The molecular weight excluding hydrogens is 403 g/mol. The number of para-hydroxylation sites is 1. The van der Waals surface area contributed by atoms with E-state index in [2.05, 4.69) is 10.4 Å². The van der Waals surface area contributed by atoms with Gasteiger partial charge in [-0.1, -0.05) is 12.1 Å². The van der Waals surface area contributed by atoms with Crippen LogP contribution in [-0.4, -0.2) is 40.1 Å². The third-order valence-corrected chi connectivity index (χ3v) is 4.35. The third-order valence-electron chi connectivity index (χ3n) is 4.35.